The van der Waals surface area contributed by atoms with Gasteiger partial charge in [-0.3, -0.25) is 9.78 Å². The van der Waals surface area contributed by atoms with E-state index in [1.165, 1.54) is 17.6 Å². The van der Waals surface area contributed by atoms with Crippen LogP contribution in [0.15, 0.2) is 51.0 Å². The third-order valence-electron chi connectivity index (χ3n) is 4.56. The second-order valence-corrected chi connectivity index (χ2v) is 7.86. The van der Waals surface area contributed by atoms with Crippen LogP contribution in [0.5, 0.6) is 5.88 Å². The molecule has 0 spiro atoms. The maximum Gasteiger partial charge on any atom is 0.335 e. The summed E-state index contributed by atoms with van der Waals surface area (Å²) in [6.45, 7) is 5.70. The third kappa shape index (κ3) is 3.50. The van der Waals surface area contributed by atoms with Gasteiger partial charge in [0, 0.05) is 6.21 Å². The quantitative estimate of drug-likeness (QED) is 0.509. The zero-order valence-corrected chi connectivity index (χ0v) is 16.9. The van der Waals surface area contributed by atoms with E-state index in [0.717, 1.165) is 31.5 Å². The van der Waals surface area contributed by atoms with E-state index in [2.05, 4.69) is 15.0 Å². The normalized spacial score (nSPS) is 11.6. The molecule has 0 aliphatic heterocycles. The average molecular weight is 406 g/mol. The van der Waals surface area contributed by atoms with E-state index in [1.807, 2.05) is 51.1 Å². The van der Waals surface area contributed by atoms with Gasteiger partial charge in [0.15, 0.2) is 0 Å². The molecular formula is C21H18N4O3S. The van der Waals surface area contributed by atoms with Gasteiger partial charge in [0.2, 0.25) is 11.0 Å². The zero-order valence-electron chi connectivity index (χ0n) is 16.1. The van der Waals surface area contributed by atoms with Crippen LogP contribution in [0, 0.1) is 20.8 Å². The van der Waals surface area contributed by atoms with Crippen LogP contribution in [0.1, 0.15) is 22.3 Å². The number of thiazole rings is 1. The Morgan fingerprint density at radius 3 is 2.62 bits per heavy atom. The first-order valence-corrected chi connectivity index (χ1v) is 9.72. The minimum Gasteiger partial charge on any atom is -0.493 e. The molecule has 4 rings (SSSR count). The van der Waals surface area contributed by atoms with Crippen LogP contribution in [0.25, 0.3) is 15.9 Å². The lowest BCUT2D eigenvalue weighted by Gasteiger charge is -2.12. The molecule has 29 heavy (non-hydrogen) atoms. The number of aryl methyl sites for hydroxylation is 3. The first-order chi connectivity index (χ1) is 13.8. The van der Waals surface area contributed by atoms with Crippen molar-refractivity contribution in [2.75, 3.05) is 0 Å². The number of nitrogens with zero attached hydrogens (tertiary/aromatic N) is 3. The molecule has 0 fully saturated rings. The van der Waals surface area contributed by atoms with Crippen LogP contribution in [0.4, 0.5) is 5.13 Å². The Hall–Kier alpha value is -3.52. The van der Waals surface area contributed by atoms with E-state index in [0.29, 0.717) is 10.8 Å². The van der Waals surface area contributed by atoms with Crippen LogP contribution >= 0.6 is 11.3 Å². The molecule has 0 aliphatic carbocycles. The fourth-order valence-corrected chi connectivity index (χ4v) is 3.94. The van der Waals surface area contributed by atoms with Crippen LogP contribution in [-0.4, -0.2) is 25.9 Å². The molecule has 0 aliphatic rings. The summed E-state index contributed by atoms with van der Waals surface area (Å²) in [6, 6.07) is 11.4. The summed E-state index contributed by atoms with van der Waals surface area (Å²) in [6.07, 6.45) is 1.24. The summed E-state index contributed by atoms with van der Waals surface area (Å²) >= 11 is 1.38. The minimum absolute atomic E-state index is 0.110. The SMILES string of the molecule is Cc1ccc(C)c(-n2c(O)c(C=Nc3nc4ccc(C)cc4s3)c(=O)[nH]c2=O)c1. The summed E-state index contributed by atoms with van der Waals surface area (Å²) in [5.41, 5.74) is 2.59. The second kappa shape index (κ2) is 7.14. The number of aliphatic imine (C=N–C) groups is 1. The number of fused-ring (bicyclic) bond motifs is 1. The van der Waals surface area contributed by atoms with Gasteiger partial charge in [-0.25, -0.2) is 19.3 Å². The minimum atomic E-state index is -0.714. The van der Waals surface area contributed by atoms with Crippen molar-refractivity contribution in [1.29, 1.82) is 0 Å². The summed E-state index contributed by atoms with van der Waals surface area (Å²) in [4.78, 5) is 35.6. The number of H-pyrrole nitrogens is 1. The summed E-state index contributed by atoms with van der Waals surface area (Å²) in [5.74, 6) is -0.465. The molecule has 7 nitrogen and oxygen atoms in total. The molecule has 2 N–H and O–H groups in total. The largest absolute Gasteiger partial charge is 0.493 e. The molecule has 2 aromatic carbocycles. The van der Waals surface area contributed by atoms with Gasteiger partial charge in [-0.2, -0.15) is 0 Å². The van der Waals surface area contributed by atoms with E-state index >= 15 is 0 Å². The Bertz CT molecular complexity index is 1400. The third-order valence-corrected chi connectivity index (χ3v) is 5.49. The lowest BCUT2D eigenvalue weighted by molar-refractivity contribution is 0.430. The highest BCUT2D eigenvalue weighted by molar-refractivity contribution is 7.22. The van der Waals surface area contributed by atoms with Gasteiger partial charge in [-0.05, 0) is 55.7 Å². The monoisotopic (exact) mass is 406 g/mol. The van der Waals surface area contributed by atoms with Gasteiger partial charge in [-0.1, -0.05) is 29.5 Å². The van der Waals surface area contributed by atoms with Crippen molar-refractivity contribution in [2.24, 2.45) is 4.99 Å². The van der Waals surface area contributed by atoms with Crippen LogP contribution in [-0.2, 0) is 0 Å². The van der Waals surface area contributed by atoms with Crippen molar-refractivity contribution in [3.8, 4) is 11.6 Å². The topological polar surface area (TPSA) is 100 Å². The van der Waals surface area contributed by atoms with Crippen molar-refractivity contribution < 1.29 is 5.11 Å². The molecule has 0 bridgehead atoms. The van der Waals surface area contributed by atoms with Crippen molar-refractivity contribution in [1.82, 2.24) is 14.5 Å². The number of nitrogens with one attached hydrogen (secondary N) is 1. The van der Waals surface area contributed by atoms with Crippen molar-refractivity contribution >= 4 is 32.9 Å². The Morgan fingerprint density at radius 2 is 1.83 bits per heavy atom. The first-order valence-electron chi connectivity index (χ1n) is 8.90. The molecule has 8 heteroatoms. The number of aromatic hydroxyl groups is 1. The number of hydrogen-bond donors (Lipinski definition) is 2. The lowest BCUT2D eigenvalue weighted by atomic mass is 10.1. The Kier molecular flexibility index (Phi) is 4.63. The van der Waals surface area contributed by atoms with Gasteiger partial charge in [0.1, 0.15) is 5.56 Å². The molecule has 2 heterocycles. The fraction of sp³-hybridized carbons (Fsp3) is 0.143. The highest BCUT2D eigenvalue weighted by Gasteiger charge is 2.16. The van der Waals surface area contributed by atoms with Crippen LogP contribution in [0.3, 0.4) is 0 Å². The van der Waals surface area contributed by atoms with Gasteiger partial charge in [0.05, 0.1) is 15.9 Å². The van der Waals surface area contributed by atoms with E-state index < -0.39 is 17.1 Å². The fourth-order valence-electron chi connectivity index (χ4n) is 3.03. The maximum absolute atomic E-state index is 12.4. The van der Waals surface area contributed by atoms with Crippen LogP contribution < -0.4 is 11.2 Å². The van der Waals surface area contributed by atoms with E-state index in [9.17, 15) is 14.7 Å². The Morgan fingerprint density at radius 1 is 1.10 bits per heavy atom. The zero-order chi connectivity index (χ0) is 20.7. The molecular weight excluding hydrogens is 388 g/mol. The summed E-state index contributed by atoms with van der Waals surface area (Å²) in [7, 11) is 0. The van der Waals surface area contributed by atoms with Gasteiger partial charge in [0.25, 0.3) is 5.56 Å². The molecule has 0 unspecified atom stereocenters. The van der Waals surface area contributed by atoms with Crippen molar-refractivity contribution in [2.45, 2.75) is 20.8 Å². The second-order valence-electron chi connectivity index (χ2n) is 6.85. The van der Waals surface area contributed by atoms with Gasteiger partial charge < -0.3 is 5.11 Å². The predicted molar refractivity (Wildman–Crippen MR) is 115 cm³/mol. The summed E-state index contributed by atoms with van der Waals surface area (Å²) < 4.78 is 2.06. The number of aromatic amines is 1. The highest BCUT2D eigenvalue weighted by Crippen LogP contribution is 2.29. The molecule has 0 atom stereocenters. The Labute approximate surface area is 169 Å². The Balaban J connectivity index is 1.83. The highest BCUT2D eigenvalue weighted by atomic mass is 32.1. The molecule has 4 aromatic rings. The molecule has 0 saturated heterocycles. The standard InChI is InChI=1S/C21H18N4O3S/c1-11-4-6-13(3)16(8-11)25-19(27)14(18(26)24-21(25)28)10-22-20-23-15-7-5-12(2)9-17(15)29-20/h4-10,27H,1-3H3,(H,24,26,28). The number of aromatic nitrogens is 3. The number of rotatable bonds is 3. The average Bonchev–Trinajstić information content (AvgIpc) is 3.06. The predicted octanol–water partition coefficient (Wildman–Crippen LogP) is 3.52. The van der Waals surface area contributed by atoms with Gasteiger partial charge >= 0.3 is 5.69 Å². The van der Waals surface area contributed by atoms with E-state index in [1.54, 1.807) is 6.07 Å². The lowest BCUT2D eigenvalue weighted by Crippen LogP contribution is -2.31. The van der Waals surface area contributed by atoms with E-state index in [-0.39, 0.29) is 5.56 Å². The maximum atomic E-state index is 12.4. The number of benzene rings is 2. The smallest absolute Gasteiger partial charge is 0.335 e. The molecule has 0 saturated carbocycles. The van der Waals surface area contributed by atoms with Crippen LogP contribution in [0.2, 0.25) is 0 Å². The van der Waals surface area contributed by atoms with Gasteiger partial charge in [-0.15, -0.1) is 0 Å². The molecule has 2 aromatic heterocycles. The number of hydrogen-bond acceptors (Lipinski definition) is 6. The first kappa shape index (κ1) is 18.8. The summed E-state index contributed by atoms with van der Waals surface area (Å²) in [5, 5.41) is 11.2. The van der Waals surface area contributed by atoms with Crippen molar-refractivity contribution in [3.63, 3.8) is 0 Å². The molecule has 146 valence electrons. The molecule has 0 amide bonds. The van der Waals surface area contributed by atoms with E-state index in [4.69, 9.17) is 0 Å². The van der Waals surface area contributed by atoms with Crippen molar-refractivity contribution in [3.05, 3.63) is 79.5 Å². The molecule has 0 radical (unpaired) electrons.